The maximum atomic E-state index is 12.3. The van der Waals surface area contributed by atoms with Gasteiger partial charge in [-0.25, -0.2) is 0 Å². The fourth-order valence-electron chi connectivity index (χ4n) is 5.17. The SMILES string of the molecule is CCCCCCCCC=CCCCCCCCC(=O)N[C@@H](CO)C(O)C=CCCCCCCCCCCCCC. The average molecular weight is 564 g/mol. The van der Waals surface area contributed by atoms with Gasteiger partial charge in [0.15, 0.2) is 0 Å². The second kappa shape index (κ2) is 32.4. The molecule has 4 heteroatoms. The molecule has 0 spiro atoms. The minimum atomic E-state index is -0.837. The first-order chi connectivity index (χ1) is 19.7. The second-order valence-electron chi connectivity index (χ2n) is 11.9. The molecule has 0 aromatic rings. The Bertz CT molecular complexity index is 574. The number of aliphatic hydroxyl groups excluding tert-OH is 2. The molecule has 0 bridgehead atoms. The third kappa shape index (κ3) is 28.4. The standard InChI is InChI=1S/C36H69NO3/c1-3-5-7-9-11-13-15-17-18-20-22-24-26-28-30-32-36(40)37-34(33-38)35(39)31-29-27-25-23-21-19-16-14-12-10-8-6-4-2/h17-18,29,31,34-35,38-39H,3-16,19-28,30,32-33H2,1-2H3,(H,37,40)/t34-,35?/m0/s1. The van der Waals surface area contributed by atoms with E-state index in [-0.39, 0.29) is 12.5 Å². The van der Waals surface area contributed by atoms with E-state index in [1.54, 1.807) is 6.08 Å². The minimum absolute atomic E-state index is 0.0745. The number of unbranched alkanes of at least 4 members (excludes halogenated alkanes) is 22. The fraction of sp³-hybridized carbons (Fsp3) is 0.861. The largest absolute Gasteiger partial charge is 0.394 e. The van der Waals surface area contributed by atoms with Crippen LogP contribution in [-0.4, -0.2) is 34.9 Å². The summed E-state index contributed by atoms with van der Waals surface area (Å²) in [6, 6.07) is -0.621. The highest BCUT2D eigenvalue weighted by molar-refractivity contribution is 5.76. The van der Waals surface area contributed by atoms with Crippen LogP contribution in [0.25, 0.3) is 0 Å². The Balaban J connectivity index is 3.65. The van der Waals surface area contributed by atoms with Gasteiger partial charge < -0.3 is 15.5 Å². The van der Waals surface area contributed by atoms with Gasteiger partial charge in [0.1, 0.15) is 0 Å². The molecule has 0 aliphatic carbocycles. The summed E-state index contributed by atoms with van der Waals surface area (Å²) in [5, 5.41) is 22.8. The van der Waals surface area contributed by atoms with Crippen LogP contribution in [0.15, 0.2) is 24.3 Å². The Morgan fingerprint density at radius 3 is 1.38 bits per heavy atom. The topological polar surface area (TPSA) is 69.6 Å². The molecule has 3 N–H and O–H groups in total. The van der Waals surface area contributed by atoms with Crippen molar-refractivity contribution in [3.8, 4) is 0 Å². The summed E-state index contributed by atoms with van der Waals surface area (Å²) in [6.07, 6.45) is 39.7. The Morgan fingerprint density at radius 2 is 0.950 bits per heavy atom. The molecule has 236 valence electrons. The van der Waals surface area contributed by atoms with Gasteiger partial charge in [-0.3, -0.25) is 4.79 Å². The van der Waals surface area contributed by atoms with Gasteiger partial charge in [0.25, 0.3) is 0 Å². The molecule has 4 nitrogen and oxygen atoms in total. The van der Waals surface area contributed by atoms with Crippen LogP contribution in [0.5, 0.6) is 0 Å². The van der Waals surface area contributed by atoms with E-state index in [2.05, 4.69) is 31.3 Å². The van der Waals surface area contributed by atoms with Crippen molar-refractivity contribution in [3.05, 3.63) is 24.3 Å². The van der Waals surface area contributed by atoms with Gasteiger partial charge in [-0.05, 0) is 44.9 Å². The van der Waals surface area contributed by atoms with E-state index in [1.807, 2.05) is 6.08 Å². The number of allylic oxidation sites excluding steroid dienone is 3. The molecule has 1 unspecified atom stereocenters. The Kier molecular flexibility index (Phi) is 31.5. The van der Waals surface area contributed by atoms with E-state index < -0.39 is 12.1 Å². The van der Waals surface area contributed by atoms with Gasteiger partial charge in [0, 0.05) is 6.42 Å². The molecule has 40 heavy (non-hydrogen) atoms. The zero-order valence-electron chi connectivity index (χ0n) is 26.9. The van der Waals surface area contributed by atoms with Crippen molar-refractivity contribution in [1.82, 2.24) is 5.32 Å². The lowest BCUT2D eigenvalue weighted by Crippen LogP contribution is -2.45. The molecule has 0 fully saturated rings. The summed E-state index contributed by atoms with van der Waals surface area (Å²) in [4.78, 5) is 12.3. The van der Waals surface area contributed by atoms with E-state index in [1.165, 1.54) is 128 Å². The van der Waals surface area contributed by atoms with E-state index >= 15 is 0 Å². The highest BCUT2D eigenvalue weighted by Crippen LogP contribution is 2.13. The molecule has 0 radical (unpaired) electrons. The van der Waals surface area contributed by atoms with E-state index in [9.17, 15) is 15.0 Å². The second-order valence-corrected chi connectivity index (χ2v) is 11.9. The molecule has 2 atom stereocenters. The van der Waals surface area contributed by atoms with Crippen molar-refractivity contribution < 1.29 is 15.0 Å². The van der Waals surface area contributed by atoms with Crippen LogP contribution in [0, 0.1) is 0 Å². The summed E-state index contributed by atoms with van der Waals surface area (Å²) in [5.41, 5.74) is 0. The Morgan fingerprint density at radius 1 is 0.575 bits per heavy atom. The molecule has 0 aliphatic rings. The zero-order valence-corrected chi connectivity index (χ0v) is 26.9. The number of carbonyl (C=O) groups excluding carboxylic acids is 1. The lowest BCUT2D eigenvalue weighted by Gasteiger charge is -2.20. The molecule has 0 aliphatic heterocycles. The zero-order chi connectivity index (χ0) is 29.4. The van der Waals surface area contributed by atoms with Gasteiger partial charge in [-0.1, -0.05) is 154 Å². The van der Waals surface area contributed by atoms with Crippen LogP contribution in [-0.2, 0) is 4.79 Å². The number of rotatable bonds is 31. The number of hydrogen-bond acceptors (Lipinski definition) is 3. The first-order valence-corrected chi connectivity index (χ1v) is 17.6. The van der Waals surface area contributed by atoms with Crippen LogP contribution in [0.1, 0.15) is 181 Å². The number of amides is 1. The van der Waals surface area contributed by atoms with Crippen molar-refractivity contribution in [2.24, 2.45) is 0 Å². The maximum Gasteiger partial charge on any atom is 0.220 e. The normalized spacial score (nSPS) is 13.4. The lowest BCUT2D eigenvalue weighted by molar-refractivity contribution is -0.123. The quantitative estimate of drug-likeness (QED) is 0.0580. The molecule has 1 amide bonds. The number of carbonyl (C=O) groups is 1. The van der Waals surface area contributed by atoms with Crippen LogP contribution in [0.4, 0.5) is 0 Å². The van der Waals surface area contributed by atoms with Gasteiger partial charge >= 0.3 is 0 Å². The Labute approximate surface area is 249 Å². The highest BCUT2D eigenvalue weighted by atomic mass is 16.3. The minimum Gasteiger partial charge on any atom is -0.394 e. The fourth-order valence-corrected chi connectivity index (χ4v) is 5.17. The van der Waals surface area contributed by atoms with Crippen LogP contribution >= 0.6 is 0 Å². The summed E-state index contributed by atoms with van der Waals surface area (Å²) in [6.45, 7) is 4.28. The molecular weight excluding hydrogens is 494 g/mol. The van der Waals surface area contributed by atoms with Gasteiger partial charge in [-0.15, -0.1) is 0 Å². The molecule has 0 saturated heterocycles. The summed E-state index contributed by atoms with van der Waals surface area (Å²) >= 11 is 0. The van der Waals surface area contributed by atoms with Crippen LogP contribution in [0.3, 0.4) is 0 Å². The monoisotopic (exact) mass is 564 g/mol. The van der Waals surface area contributed by atoms with E-state index in [0.717, 1.165) is 32.1 Å². The molecule has 0 aromatic carbocycles. The van der Waals surface area contributed by atoms with E-state index in [0.29, 0.717) is 6.42 Å². The van der Waals surface area contributed by atoms with Crippen LogP contribution < -0.4 is 5.32 Å². The van der Waals surface area contributed by atoms with Gasteiger partial charge in [0.2, 0.25) is 5.91 Å². The number of aliphatic hydroxyl groups is 2. The maximum absolute atomic E-state index is 12.3. The predicted molar refractivity (Wildman–Crippen MR) is 175 cm³/mol. The molecule has 0 rings (SSSR count). The summed E-state index contributed by atoms with van der Waals surface area (Å²) < 4.78 is 0. The van der Waals surface area contributed by atoms with Crippen molar-refractivity contribution in [1.29, 1.82) is 0 Å². The van der Waals surface area contributed by atoms with Crippen molar-refractivity contribution in [3.63, 3.8) is 0 Å². The predicted octanol–water partition coefficient (Wildman–Crippen LogP) is 10.1. The van der Waals surface area contributed by atoms with Crippen molar-refractivity contribution >= 4 is 5.91 Å². The molecular formula is C36H69NO3. The first kappa shape index (κ1) is 38.9. The van der Waals surface area contributed by atoms with E-state index in [4.69, 9.17) is 0 Å². The third-order valence-electron chi connectivity index (χ3n) is 7.93. The van der Waals surface area contributed by atoms with Crippen molar-refractivity contribution in [2.45, 2.75) is 193 Å². The van der Waals surface area contributed by atoms with Gasteiger partial charge in [-0.2, -0.15) is 0 Å². The number of nitrogens with one attached hydrogen (secondary N) is 1. The van der Waals surface area contributed by atoms with Crippen molar-refractivity contribution in [2.75, 3.05) is 6.61 Å². The van der Waals surface area contributed by atoms with Crippen LogP contribution in [0.2, 0.25) is 0 Å². The smallest absolute Gasteiger partial charge is 0.220 e. The number of hydrogen-bond donors (Lipinski definition) is 3. The first-order valence-electron chi connectivity index (χ1n) is 17.6. The molecule has 0 aromatic heterocycles. The average Bonchev–Trinajstić information content (AvgIpc) is 2.96. The van der Waals surface area contributed by atoms with Gasteiger partial charge in [0.05, 0.1) is 18.8 Å². The molecule has 0 heterocycles. The molecule has 0 saturated carbocycles. The highest BCUT2D eigenvalue weighted by Gasteiger charge is 2.17. The third-order valence-corrected chi connectivity index (χ3v) is 7.93. The lowest BCUT2D eigenvalue weighted by atomic mass is 10.0. The Hall–Kier alpha value is -1.13. The summed E-state index contributed by atoms with van der Waals surface area (Å²) in [7, 11) is 0. The summed E-state index contributed by atoms with van der Waals surface area (Å²) in [5.74, 6) is -0.0745.